The average molecular weight is 438 g/mol. The van der Waals surface area contributed by atoms with E-state index in [0.717, 1.165) is 12.5 Å². The van der Waals surface area contributed by atoms with Crippen molar-refractivity contribution in [1.29, 1.82) is 0 Å². The fourth-order valence-corrected chi connectivity index (χ4v) is 4.76. The van der Waals surface area contributed by atoms with Crippen LogP contribution in [0, 0.1) is 11.6 Å². The molecule has 2 atom stereocenters. The van der Waals surface area contributed by atoms with Gasteiger partial charge in [0.2, 0.25) is 15.9 Å². The second-order valence-electron chi connectivity index (χ2n) is 7.45. The van der Waals surface area contributed by atoms with E-state index in [4.69, 9.17) is 5.73 Å². The largest absolute Gasteiger partial charge is 0.338 e. The summed E-state index contributed by atoms with van der Waals surface area (Å²) in [5, 5.41) is 0. The first kappa shape index (κ1) is 22.3. The van der Waals surface area contributed by atoms with Crippen LogP contribution in [0.15, 0.2) is 53.4 Å². The first-order valence-corrected chi connectivity index (χ1v) is 11.3. The molecular weight excluding hydrogens is 412 g/mol. The van der Waals surface area contributed by atoms with Crippen LogP contribution in [0.3, 0.4) is 0 Å². The monoisotopic (exact) mass is 437 g/mol. The van der Waals surface area contributed by atoms with Crippen LogP contribution in [0.1, 0.15) is 24.8 Å². The van der Waals surface area contributed by atoms with Crippen molar-refractivity contribution in [2.24, 2.45) is 5.73 Å². The van der Waals surface area contributed by atoms with Gasteiger partial charge in [0.05, 0.1) is 4.90 Å². The van der Waals surface area contributed by atoms with Crippen molar-refractivity contribution in [2.45, 2.75) is 42.7 Å². The van der Waals surface area contributed by atoms with Crippen LogP contribution in [0.2, 0.25) is 0 Å². The summed E-state index contributed by atoms with van der Waals surface area (Å²) in [7, 11) is -3.88. The van der Waals surface area contributed by atoms with Crippen molar-refractivity contribution in [3.8, 4) is 0 Å². The first-order valence-electron chi connectivity index (χ1n) is 9.80. The van der Waals surface area contributed by atoms with Gasteiger partial charge in [0.15, 0.2) is 0 Å². The molecule has 0 radical (unpaired) electrons. The number of hydrogen-bond donors (Lipinski definition) is 2. The van der Waals surface area contributed by atoms with Gasteiger partial charge in [-0.05, 0) is 49.1 Å². The summed E-state index contributed by atoms with van der Waals surface area (Å²) < 4.78 is 54.4. The molecule has 2 aromatic carbocycles. The molecule has 1 amide bonds. The van der Waals surface area contributed by atoms with Gasteiger partial charge in [0.25, 0.3) is 0 Å². The topological polar surface area (TPSA) is 92.5 Å². The fraction of sp³-hybridized carbons (Fsp3) is 0.381. The van der Waals surface area contributed by atoms with Crippen molar-refractivity contribution in [1.82, 2.24) is 9.62 Å². The van der Waals surface area contributed by atoms with Crippen molar-refractivity contribution in [2.75, 3.05) is 13.1 Å². The van der Waals surface area contributed by atoms with E-state index in [1.165, 1.54) is 24.3 Å². The number of hydrogen-bond acceptors (Lipinski definition) is 4. The van der Waals surface area contributed by atoms with Crippen molar-refractivity contribution >= 4 is 15.9 Å². The summed E-state index contributed by atoms with van der Waals surface area (Å²) in [6, 6.07) is 10.2. The van der Waals surface area contributed by atoms with Crippen molar-refractivity contribution in [3.63, 3.8) is 0 Å². The highest BCUT2D eigenvalue weighted by Gasteiger charge is 2.30. The lowest BCUT2D eigenvalue weighted by molar-refractivity contribution is -0.132. The minimum absolute atomic E-state index is 0.0349. The smallest absolute Gasteiger partial charge is 0.240 e. The van der Waals surface area contributed by atoms with Crippen LogP contribution in [0.5, 0.6) is 0 Å². The molecule has 2 aromatic rings. The molecule has 30 heavy (non-hydrogen) atoms. The SMILES string of the molecule is N[C@@H](CC(=O)N1CCC[C@H]1CNS(=O)(=O)c1cccc(F)c1)Cc1ccccc1F. The molecule has 162 valence electrons. The molecule has 0 unspecified atom stereocenters. The maximum atomic E-state index is 13.8. The molecule has 9 heteroatoms. The van der Waals surface area contributed by atoms with E-state index < -0.39 is 21.9 Å². The Hall–Kier alpha value is -2.36. The summed E-state index contributed by atoms with van der Waals surface area (Å²) in [4.78, 5) is 14.2. The number of likely N-dealkylation sites (tertiary alicyclic amines) is 1. The molecule has 0 aromatic heterocycles. The molecule has 3 rings (SSSR count). The van der Waals surface area contributed by atoms with Gasteiger partial charge in [0.1, 0.15) is 11.6 Å². The van der Waals surface area contributed by atoms with E-state index >= 15 is 0 Å². The Bertz CT molecular complexity index is 1000. The number of nitrogens with two attached hydrogens (primary N) is 1. The molecule has 1 saturated heterocycles. The van der Waals surface area contributed by atoms with Gasteiger partial charge in [-0.25, -0.2) is 21.9 Å². The Morgan fingerprint density at radius 2 is 1.97 bits per heavy atom. The standard InChI is InChI=1S/C21H25F2N3O3S/c22-16-6-3-8-19(12-16)30(28,29)25-14-18-7-4-10-26(18)21(27)13-17(24)11-15-5-1-2-9-20(15)23/h1-3,5-6,8-9,12,17-18,25H,4,7,10-11,13-14,24H2/t17-,18+/m1/s1. The van der Waals surface area contributed by atoms with E-state index in [2.05, 4.69) is 4.72 Å². The molecular formula is C21H25F2N3O3S. The maximum Gasteiger partial charge on any atom is 0.240 e. The third kappa shape index (κ3) is 5.62. The lowest BCUT2D eigenvalue weighted by Crippen LogP contribution is -2.44. The minimum Gasteiger partial charge on any atom is -0.338 e. The Labute approximate surface area is 175 Å². The lowest BCUT2D eigenvalue weighted by atomic mass is 10.0. The van der Waals surface area contributed by atoms with Crippen LogP contribution in [0.4, 0.5) is 8.78 Å². The van der Waals surface area contributed by atoms with E-state index in [9.17, 15) is 22.0 Å². The van der Waals surface area contributed by atoms with Crippen LogP contribution in [-0.4, -0.2) is 44.4 Å². The maximum absolute atomic E-state index is 13.8. The van der Waals surface area contributed by atoms with Gasteiger partial charge in [-0.3, -0.25) is 4.79 Å². The predicted octanol–water partition coefficient (Wildman–Crippen LogP) is 2.19. The van der Waals surface area contributed by atoms with Crippen LogP contribution >= 0.6 is 0 Å². The van der Waals surface area contributed by atoms with E-state index in [1.807, 2.05) is 0 Å². The molecule has 1 fully saturated rings. The highest BCUT2D eigenvalue weighted by atomic mass is 32.2. The van der Waals surface area contributed by atoms with E-state index in [0.29, 0.717) is 18.5 Å². The zero-order chi connectivity index (χ0) is 21.7. The number of amides is 1. The predicted molar refractivity (Wildman–Crippen MR) is 109 cm³/mol. The molecule has 1 heterocycles. The Kier molecular flexibility index (Phi) is 7.17. The number of benzene rings is 2. The number of nitrogens with zero attached hydrogens (tertiary/aromatic N) is 1. The number of nitrogens with one attached hydrogen (secondary N) is 1. The van der Waals surface area contributed by atoms with Crippen LogP contribution in [0.25, 0.3) is 0 Å². The van der Waals surface area contributed by atoms with Gasteiger partial charge in [0, 0.05) is 31.6 Å². The van der Waals surface area contributed by atoms with Gasteiger partial charge in [-0.15, -0.1) is 0 Å². The van der Waals surface area contributed by atoms with Crippen molar-refractivity contribution < 1.29 is 22.0 Å². The zero-order valence-electron chi connectivity index (χ0n) is 16.4. The van der Waals surface area contributed by atoms with E-state index in [-0.39, 0.29) is 42.0 Å². The van der Waals surface area contributed by atoms with Gasteiger partial charge in [-0.2, -0.15) is 0 Å². The van der Waals surface area contributed by atoms with Crippen molar-refractivity contribution in [3.05, 3.63) is 65.7 Å². The highest BCUT2D eigenvalue weighted by molar-refractivity contribution is 7.89. The first-order chi connectivity index (χ1) is 14.3. The summed E-state index contributed by atoms with van der Waals surface area (Å²) in [6.07, 6.45) is 1.69. The van der Waals surface area contributed by atoms with E-state index in [1.54, 1.807) is 23.1 Å². The fourth-order valence-electron chi connectivity index (χ4n) is 3.66. The Balaban J connectivity index is 1.57. The number of carbonyl (C=O) groups excluding carboxylic acids is 1. The summed E-state index contributed by atoms with van der Waals surface area (Å²) in [5.41, 5.74) is 6.52. The lowest BCUT2D eigenvalue weighted by Gasteiger charge is -2.26. The second-order valence-corrected chi connectivity index (χ2v) is 9.22. The molecule has 0 aliphatic carbocycles. The second kappa shape index (κ2) is 9.63. The third-order valence-electron chi connectivity index (χ3n) is 5.19. The van der Waals surface area contributed by atoms with Gasteiger partial charge < -0.3 is 10.6 Å². The van der Waals surface area contributed by atoms with Gasteiger partial charge in [-0.1, -0.05) is 24.3 Å². The van der Waals surface area contributed by atoms with Gasteiger partial charge >= 0.3 is 0 Å². The summed E-state index contributed by atoms with van der Waals surface area (Å²) >= 11 is 0. The minimum atomic E-state index is -3.88. The van der Waals surface area contributed by atoms with Crippen LogP contribution in [-0.2, 0) is 21.2 Å². The molecule has 1 aliphatic heterocycles. The molecule has 0 saturated carbocycles. The number of rotatable bonds is 8. The molecule has 0 bridgehead atoms. The normalized spacial score (nSPS) is 17.8. The number of halogens is 2. The number of sulfonamides is 1. The quantitative estimate of drug-likeness (QED) is 0.662. The third-order valence-corrected chi connectivity index (χ3v) is 6.61. The Morgan fingerprint density at radius 3 is 2.70 bits per heavy atom. The highest BCUT2D eigenvalue weighted by Crippen LogP contribution is 2.20. The average Bonchev–Trinajstić information content (AvgIpc) is 3.17. The molecule has 1 aliphatic rings. The summed E-state index contributed by atoms with van der Waals surface area (Å²) in [5.74, 6) is -1.18. The zero-order valence-corrected chi connectivity index (χ0v) is 17.2. The molecule has 6 nitrogen and oxygen atoms in total. The van der Waals surface area contributed by atoms with Crippen LogP contribution < -0.4 is 10.5 Å². The Morgan fingerprint density at radius 1 is 1.20 bits per heavy atom. The molecule has 0 spiro atoms. The number of carbonyl (C=O) groups is 1. The summed E-state index contributed by atoms with van der Waals surface area (Å²) in [6.45, 7) is 0.546. The molecule has 3 N–H and O–H groups in total.